The molecule has 4 atom stereocenters. The van der Waals surface area contributed by atoms with Gasteiger partial charge in [-0.25, -0.2) is 0 Å². The Kier molecular flexibility index (Phi) is 2.80. The molecular formula is C14H23NO. The molecule has 0 radical (unpaired) electrons. The van der Waals surface area contributed by atoms with Gasteiger partial charge >= 0.3 is 0 Å². The van der Waals surface area contributed by atoms with Crippen LogP contribution in [0.4, 0.5) is 0 Å². The Morgan fingerprint density at radius 1 is 1.25 bits per heavy atom. The molecule has 4 unspecified atom stereocenters. The monoisotopic (exact) mass is 221 g/mol. The van der Waals surface area contributed by atoms with Gasteiger partial charge < -0.3 is 10.4 Å². The number of rotatable bonds is 4. The Balaban J connectivity index is 1.43. The number of nitrogens with one attached hydrogen (secondary N) is 1. The lowest BCUT2D eigenvalue weighted by Gasteiger charge is -2.34. The molecule has 3 aliphatic carbocycles. The van der Waals surface area contributed by atoms with Gasteiger partial charge in [-0.1, -0.05) is 12.2 Å². The maximum Gasteiger partial charge on any atom is 0.0546 e. The number of hydrogen-bond acceptors (Lipinski definition) is 2. The van der Waals surface area contributed by atoms with Crippen LogP contribution in [0.25, 0.3) is 0 Å². The molecule has 16 heavy (non-hydrogen) atoms. The van der Waals surface area contributed by atoms with E-state index < -0.39 is 0 Å². The molecule has 0 amide bonds. The van der Waals surface area contributed by atoms with Crippen LogP contribution in [0.5, 0.6) is 0 Å². The lowest BCUT2D eigenvalue weighted by atomic mass is 9.81. The summed E-state index contributed by atoms with van der Waals surface area (Å²) >= 11 is 0. The van der Waals surface area contributed by atoms with Crippen LogP contribution in [-0.4, -0.2) is 23.8 Å². The van der Waals surface area contributed by atoms with Crippen molar-refractivity contribution in [1.82, 2.24) is 5.32 Å². The van der Waals surface area contributed by atoms with E-state index >= 15 is 0 Å². The highest BCUT2D eigenvalue weighted by atomic mass is 16.3. The Morgan fingerprint density at radius 3 is 2.62 bits per heavy atom. The van der Waals surface area contributed by atoms with Gasteiger partial charge in [0.1, 0.15) is 0 Å². The minimum atomic E-state index is -0.00691. The lowest BCUT2D eigenvalue weighted by Crippen LogP contribution is -2.42. The van der Waals surface area contributed by atoms with Gasteiger partial charge in [-0.3, -0.25) is 0 Å². The summed E-state index contributed by atoms with van der Waals surface area (Å²) in [6, 6.07) is 0.651. The average molecular weight is 221 g/mol. The standard InChI is InChI=1S/C14H23NO/c1-9(15-8-11-5-13(16)6-11)14-7-10-2-3-12(14)4-10/h2-3,9-16H,4-8H2,1H3. The molecular weight excluding hydrogens is 198 g/mol. The quantitative estimate of drug-likeness (QED) is 0.711. The first kappa shape index (κ1) is 10.8. The molecule has 2 bridgehead atoms. The fraction of sp³-hybridized carbons (Fsp3) is 0.857. The second-order valence-electron chi connectivity index (χ2n) is 6.13. The van der Waals surface area contributed by atoms with E-state index in [1.165, 1.54) is 12.8 Å². The molecule has 3 rings (SSSR count). The van der Waals surface area contributed by atoms with Crippen molar-refractivity contribution in [3.8, 4) is 0 Å². The van der Waals surface area contributed by atoms with Crippen LogP contribution >= 0.6 is 0 Å². The molecule has 2 nitrogen and oxygen atoms in total. The van der Waals surface area contributed by atoms with Crippen LogP contribution in [0.3, 0.4) is 0 Å². The van der Waals surface area contributed by atoms with Crippen molar-refractivity contribution in [3.63, 3.8) is 0 Å². The Labute approximate surface area is 98.1 Å². The zero-order valence-electron chi connectivity index (χ0n) is 10.1. The fourth-order valence-electron chi connectivity index (χ4n) is 3.77. The summed E-state index contributed by atoms with van der Waals surface area (Å²) in [5.41, 5.74) is 0. The SMILES string of the molecule is CC(NCC1CC(O)C1)C1CC2C=CC1C2. The Hall–Kier alpha value is -0.340. The van der Waals surface area contributed by atoms with Gasteiger partial charge in [-0.15, -0.1) is 0 Å². The van der Waals surface area contributed by atoms with E-state index in [0.29, 0.717) is 6.04 Å². The Morgan fingerprint density at radius 2 is 2.06 bits per heavy atom. The van der Waals surface area contributed by atoms with Crippen LogP contribution in [-0.2, 0) is 0 Å². The van der Waals surface area contributed by atoms with E-state index in [4.69, 9.17) is 0 Å². The first-order chi connectivity index (χ1) is 7.72. The fourth-order valence-corrected chi connectivity index (χ4v) is 3.77. The number of fused-ring (bicyclic) bond motifs is 2. The van der Waals surface area contributed by atoms with Gasteiger partial charge in [0.2, 0.25) is 0 Å². The van der Waals surface area contributed by atoms with E-state index in [9.17, 15) is 5.11 Å². The molecule has 2 heteroatoms. The predicted molar refractivity (Wildman–Crippen MR) is 65.0 cm³/mol. The van der Waals surface area contributed by atoms with Crippen LogP contribution in [0.1, 0.15) is 32.6 Å². The van der Waals surface area contributed by atoms with Crippen LogP contribution in [0.2, 0.25) is 0 Å². The zero-order chi connectivity index (χ0) is 11.1. The summed E-state index contributed by atoms with van der Waals surface area (Å²) in [5.74, 6) is 3.32. The van der Waals surface area contributed by atoms with Gasteiger partial charge in [0, 0.05) is 6.04 Å². The van der Waals surface area contributed by atoms with E-state index in [1.807, 2.05) is 0 Å². The molecule has 0 aromatic rings. The third-order valence-corrected chi connectivity index (χ3v) is 4.91. The molecule has 0 aromatic heterocycles. The first-order valence-corrected chi connectivity index (χ1v) is 6.82. The van der Waals surface area contributed by atoms with Gasteiger partial charge in [0.25, 0.3) is 0 Å². The summed E-state index contributed by atoms with van der Waals surface area (Å²) in [5, 5.41) is 12.9. The molecule has 2 N–H and O–H groups in total. The molecule has 0 aromatic carbocycles. The molecule has 0 aliphatic heterocycles. The van der Waals surface area contributed by atoms with E-state index in [1.54, 1.807) is 0 Å². The summed E-state index contributed by atoms with van der Waals surface area (Å²) < 4.78 is 0. The molecule has 3 aliphatic rings. The summed E-state index contributed by atoms with van der Waals surface area (Å²) in [6.45, 7) is 3.45. The van der Waals surface area contributed by atoms with Crippen molar-refractivity contribution in [3.05, 3.63) is 12.2 Å². The number of aliphatic hydroxyl groups is 1. The highest BCUT2D eigenvalue weighted by Gasteiger charge is 2.38. The van der Waals surface area contributed by atoms with Crippen molar-refractivity contribution in [1.29, 1.82) is 0 Å². The van der Waals surface area contributed by atoms with Crippen molar-refractivity contribution in [2.24, 2.45) is 23.7 Å². The largest absolute Gasteiger partial charge is 0.393 e. The highest BCUT2D eigenvalue weighted by molar-refractivity contribution is 5.11. The first-order valence-electron chi connectivity index (χ1n) is 6.82. The summed E-state index contributed by atoms with van der Waals surface area (Å²) in [7, 11) is 0. The van der Waals surface area contributed by atoms with Crippen molar-refractivity contribution >= 4 is 0 Å². The van der Waals surface area contributed by atoms with Crippen molar-refractivity contribution in [2.45, 2.75) is 44.8 Å². The van der Waals surface area contributed by atoms with Crippen molar-refractivity contribution in [2.75, 3.05) is 6.54 Å². The van der Waals surface area contributed by atoms with Crippen LogP contribution in [0.15, 0.2) is 12.2 Å². The van der Waals surface area contributed by atoms with Gasteiger partial charge in [0.15, 0.2) is 0 Å². The predicted octanol–water partition coefficient (Wildman–Crippen LogP) is 1.95. The summed E-state index contributed by atoms with van der Waals surface area (Å²) in [6.07, 6.45) is 9.65. The van der Waals surface area contributed by atoms with Crippen LogP contribution < -0.4 is 5.32 Å². The molecule has 0 heterocycles. The third kappa shape index (κ3) is 1.93. The molecule has 0 spiro atoms. The lowest BCUT2D eigenvalue weighted by molar-refractivity contribution is 0.0409. The average Bonchev–Trinajstić information content (AvgIpc) is 2.83. The van der Waals surface area contributed by atoms with Crippen LogP contribution in [0, 0.1) is 23.7 Å². The van der Waals surface area contributed by atoms with Gasteiger partial charge in [0.05, 0.1) is 6.10 Å². The minimum Gasteiger partial charge on any atom is -0.393 e. The topological polar surface area (TPSA) is 32.3 Å². The smallest absolute Gasteiger partial charge is 0.0546 e. The van der Waals surface area contributed by atoms with E-state index in [0.717, 1.165) is 43.1 Å². The number of allylic oxidation sites excluding steroid dienone is 2. The third-order valence-electron chi connectivity index (χ3n) is 4.91. The number of hydrogen-bond donors (Lipinski definition) is 2. The highest BCUT2D eigenvalue weighted by Crippen LogP contribution is 2.44. The van der Waals surface area contributed by atoms with E-state index in [-0.39, 0.29) is 6.10 Å². The second-order valence-corrected chi connectivity index (χ2v) is 6.13. The molecule has 2 saturated carbocycles. The van der Waals surface area contributed by atoms with Gasteiger partial charge in [-0.05, 0) is 62.8 Å². The Bertz CT molecular complexity index is 282. The van der Waals surface area contributed by atoms with Crippen molar-refractivity contribution < 1.29 is 5.11 Å². The molecule has 2 fully saturated rings. The maximum absolute atomic E-state index is 9.24. The second kappa shape index (κ2) is 4.15. The maximum atomic E-state index is 9.24. The summed E-state index contributed by atoms with van der Waals surface area (Å²) in [4.78, 5) is 0. The molecule has 90 valence electrons. The zero-order valence-corrected chi connectivity index (χ0v) is 10.1. The van der Waals surface area contributed by atoms with Gasteiger partial charge in [-0.2, -0.15) is 0 Å². The normalized spacial score (nSPS) is 47.0. The minimum absolute atomic E-state index is 0.00691. The van der Waals surface area contributed by atoms with E-state index in [2.05, 4.69) is 24.4 Å². The number of aliphatic hydroxyl groups excluding tert-OH is 1. The molecule has 0 saturated heterocycles.